The molecule has 2 aromatic rings. The van der Waals surface area contributed by atoms with Crippen LogP contribution < -0.4 is 54.8 Å². The van der Waals surface area contributed by atoms with Crippen molar-refractivity contribution in [3.63, 3.8) is 0 Å². The maximum atomic E-state index is 14.0. The van der Waals surface area contributed by atoms with E-state index in [1.807, 2.05) is 88.4 Å². The van der Waals surface area contributed by atoms with E-state index in [9.17, 15) is 38.7 Å². The van der Waals surface area contributed by atoms with Crippen LogP contribution in [-0.2, 0) is 46.4 Å². The Bertz CT molecular complexity index is 1770. The molecule has 7 atom stereocenters. The van der Waals surface area contributed by atoms with Gasteiger partial charge in [-0.1, -0.05) is 88.4 Å². The summed E-state index contributed by atoms with van der Waals surface area (Å²) in [6.07, 6.45) is 3.53. The third-order valence-corrected chi connectivity index (χ3v) is 10.7. The van der Waals surface area contributed by atoms with Crippen LogP contribution >= 0.6 is 0 Å². The van der Waals surface area contributed by atoms with E-state index < -0.39 is 83.7 Å². The number of nitrogens with two attached hydrogens (primary N) is 4. The molecule has 0 aliphatic heterocycles. The number of rotatable bonds is 32. The van der Waals surface area contributed by atoms with Gasteiger partial charge in [-0.05, 0) is 113 Å². The lowest BCUT2D eigenvalue weighted by Crippen LogP contribution is -2.58. The van der Waals surface area contributed by atoms with Gasteiger partial charge in [-0.3, -0.25) is 28.8 Å². The van der Waals surface area contributed by atoms with Crippen molar-refractivity contribution in [2.45, 2.75) is 147 Å². The lowest BCUT2D eigenvalue weighted by atomic mass is 10.00. The van der Waals surface area contributed by atoms with Crippen LogP contribution in [0.2, 0.25) is 0 Å². The predicted octanol–water partition coefficient (Wildman–Crippen LogP) is 0.882. The van der Waals surface area contributed by atoms with Gasteiger partial charge < -0.3 is 59.9 Å². The fraction of sp³-hybridized carbons (Fsp3) is 0.596. The van der Waals surface area contributed by atoms with Crippen LogP contribution in [0.15, 0.2) is 60.7 Å². The van der Waals surface area contributed by atoms with E-state index in [-0.39, 0.29) is 70.0 Å². The second-order valence-corrected chi connectivity index (χ2v) is 17.5. The maximum absolute atomic E-state index is 14.0. The maximum Gasteiger partial charge on any atom is 0.326 e. The number of carboxylic acid groups (broad SMARTS) is 1. The molecule has 65 heavy (non-hydrogen) atoms. The molecule has 362 valence electrons. The van der Waals surface area contributed by atoms with Gasteiger partial charge >= 0.3 is 5.97 Å². The number of carboxylic acids is 1. The molecule has 18 heteroatoms. The first kappa shape index (κ1) is 55.7. The van der Waals surface area contributed by atoms with Gasteiger partial charge in [-0.15, -0.1) is 0 Å². The molecule has 2 aromatic carbocycles. The Morgan fingerprint density at radius 1 is 0.492 bits per heavy atom. The topological polar surface area (TPSA) is 316 Å². The Morgan fingerprint density at radius 2 is 0.923 bits per heavy atom. The third kappa shape index (κ3) is 22.4. The van der Waals surface area contributed by atoms with Crippen molar-refractivity contribution in [2.75, 3.05) is 19.6 Å². The standard InChI is InChI=1S/C47H76N10O8/c1-30(2)27-34(50)41(58)53-37(21-14-25-49)44(61)56-39(47(64)65)19-11-12-26-52-43(60)36(20-13-24-48)55-46(63)40(28-31(3)4)57-45(62)38(23-22-32-15-7-5-8-16-32)54-42(59)35(51)29-33-17-9-6-10-18-33/h5-10,15-18,30-31,34-40H,11-14,19-29,48-51H2,1-4H3,(H,52,60)(H,53,58)(H,54,59)(H,55,63)(H,56,61)(H,57,62)(H,64,65)/t34-,35-,36-,37-,38-,39?,40-/m1/s1. The molecule has 2 rings (SSSR count). The molecule has 0 aliphatic carbocycles. The molecule has 0 saturated carbocycles. The van der Waals surface area contributed by atoms with Gasteiger partial charge in [0.25, 0.3) is 0 Å². The molecule has 0 aliphatic rings. The van der Waals surface area contributed by atoms with Crippen molar-refractivity contribution in [1.29, 1.82) is 0 Å². The Kier molecular flexibility index (Phi) is 26.3. The monoisotopic (exact) mass is 909 g/mol. The van der Waals surface area contributed by atoms with Crippen molar-refractivity contribution in [3.8, 4) is 0 Å². The van der Waals surface area contributed by atoms with Gasteiger partial charge in [0.1, 0.15) is 30.2 Å². The normalized spacial score (nSPS) is 14.5. The summed E-state index contributed by atoms with van der Waals surface area (Å²) in [6.45, 7) is 8.28. The highest BCUT2D eigenvalue weighted by atomic mass is 16.4. The average molecular weight is 909 g/mol. The smallest absolute Gasteiger partial charge is 0.326 e. The first-order valence-corrected chi connectivity index (χ1v) is 23.0. The number of aliphatic carboxylic acids is 1. The molecule has 6 amide bonds. The number of carbonyl (C=O) groups is 7. The van der Waals surface area contributed by atoms with E-state index in [4.69, 9.17) is 22.9 Å². The minimum absolute atomic E-state index is 0.0387. The first-order chi connectivity index (χ1) is 30.9. The molecular weight excluding hydrogens is 833 g/mol. The summed E-state index contributed by atoms with van der Waals surface area (Å²) in [5.74, 6) is -4.46. The highest BCUT2D eigenvalue weighted by Gasteiger charge is 2.32. The van der Waals surface area contributed by atoms with Crippen molar-refractivity contribution in [1.82, 2.24) is 31.9 Å². The van der Waals surface area contributed by atoms with Crippen LogP contribution in [0.5, 0.6) is 0 Å². The lowest BCUT2D eigenvalue weighted by Gasteiger charge is -2.27. The molecule has 0 radical (unpaired) electrons. The number of benzene rings is 2. The summed E-state index contributed by atoms with van der Waals surface area (Å²) in [7, 11) is 0. The van der Waals surface area contributed by atoms with Gasteiger partial charge in [0.05, 0.1) is 12.1 Å². The van der Waals surface area contributed by atoms with E-state index in [2.05, 4.69) is 31.9 Å². The number of nitrogens with one attached hydrogen (secondary N) is 6. The summed E-state index contributed by atoms with van der Waals surface area (Å²) in [5.41, 5.74) is 25.5. The van der Waals surface area contributed by atoms with Gasteiger partial charge in [0.15, 0.2) is 0 Å². The Hall–Kier alpha value is -5.43. The van der Waals surface area contributed by atoms with Crippen molar-refractivity contribution in [3.05, 3.63) is 71.8 Å². The SMILES string of the molecule is CC(C)C[C@@H](N)C(=O)N[C@H](CCCN)C(=O)NC(CCCCNC(=O)[C@@H](CCCN)NC(=O)[C@@H](CC(C)C)NC(=O)[C@@H](CCc1ccccc1)NC(=O)[C@H](N)Cc1ccccc1)C(=O)O. The molecule has 0 saturated heterocycles. The number of carbonyl (C=O) groups excluding carboxylic acids is 6. The van der Waals surface area contributed by atoms with Crippen LogP contribution in [0.3, 0.4) is 0 Å². The van der Waals surface area contributed by atoms with Crippen LogP contribution in [-0.4, -0.2) is 108 Å². The van der Waals surface area contributed by atoms with Crippen LogP contribution in [0.1, 0.15) is 103 Å². The molecule has 0 bridgehead atoms. The molecule has 0 aromatic heterocycles. The Balaban J connectivity index is 2.08. The molecule has 15 N–H and O–H groups in total. The first-order valence-electron chi connectivity index (χ1n) is 23.0. The zero-order valence-electron chi connectivity index (χ0n) is 38.7. The minimum Gasteiger partial charge on any atom is -0.480 e. The van der Waals surface area contributed by atoms with Crippen LogP contribution in [0.25, 0.3) is 0 Å². The zero-order chi connectivity index (χ0) is 48.3. The molecule has 0 spiro atoms. The summed E-state index contributed by atoms with van der Waals surface area (Å²) in [5, 5.41) is 26.3. The Labute approximate surface area is 384 Å². The van der Waals surface area contributed by atoms with Crippen molar-refractivity contribution in [2.24, 2.45) is 34.8 Å². The van der Waals surface area contributed by atoms with Crippen molar-refractivity contribution < 1.29 is 38.7 Å². The third-order valence-electron chi connectivity index (χ3n) is 10.7. The Morgan fingerprint density at radius 3 is 1.45 bits per heavy atom. The molecule has 0 heterocycles. The fourth-order valence-electron chi connectivity index (χ4n) is 7.12. The fourth-order valence-corrected chi connectivity index (χ4v) is 7.12. The summed E-state index contributed by atoms with van der Waals surface area (Å²) in [6, 6.07) is 11.7. The molecular formula is C47H76N10O8. The summed E-state index contributed by atoms with van der Waals surface area (Å²) >= 11 is 0. The number of hydrogen-bond donors (Lipinski definition) is 11. The minimum atomic E-state index is -1.26. The van der Waals surface area contributed by atoms with Crippen molar-refractivity contribution >= 4 is 41.4 Å². The van der Waals surface area contributed by atoms with Crippen LogP contribution in [0, 0.1) is 11.8 Å². The molecule has 18 nitrogen and oxygen atoms in total. The van der Waals surface area contributed by atoms with E-state index in [0.29, 0.717) is 38.5 Å². The van der Waals surface area contributed by atoms with Gasteiger partial charge in [-0.2, -0.15) is 0 Å². The van der Waals surface area contributed by atoms with E-state index in [1.54, 1.807) is 0 Å². The number of unbranched alkanes of at least 4 members (excludes halogenated alkanes) is 1. The second kappa shape index (κ2) is 30.7. The highest BCUT2D eigenvalue weighted by molar-refractivity contribution is 5.95. The van der Waals surface area contributed by atoms with Crippen LogP contribution in [0.4, 0.5) is 0 Å². The largest absolute Gasteiger partial charge is 0.480 e. The molecule has 1 unspecified atom stereocenters. The summed E-state index contributed by atoms with van der Waals surface area (Å²) in [4.78, 5) is 92.7. The second-order valence-electron chi connectivity index (χ2n) is 17.5. The van der Waals surface area contributed by atoms with Gasteiger partial charge in [0, 0.05) is 6.54 Å². The molecule has 0 fully saturated rings. The average Bonchev–Trinajstić information content (AvgIpc) is 3.26. The quantitative estimate of drug-likeness (QED) is 0.0456. The number of amides is 6. The van der Waals surface area contributed by atoms with E-state index >= 15 is 0 Å². The van der Waals surface area contributed by atoms with Gasteiger partial charge in [-0.25, -0.2) is 4.79 Å². The highest BCUT2D eigenvalue weighted by Crippen LogP contribution is 2.12. The number of hydrogen-bond acceptors (Lipinski definition) is 11. The zero-order valence-corrected chi connectivity index (χ0v) is 38.7. The summed E-state index contributed by atoms with van der Waals surface area (Å²) < 4.78 is 0. The predicted molar refractivity (Wildman–Crippen MR) is 250 cm³/mol. The van der Waals surface area contributed by atoms with E-state index in [0.717, 1.165) is 11.1 Å². The lowest BCUT2D eigenvalue weighted by molar-refractivity contribution is -0.142. The number of aryl methyl sites for hydroxylation is 1. The van der Waals surface area contributed by atoms with E-state index in [1.165, 1.54) is 0 Å². The van der Waals surface area contributed by atoms with Gasteiger partial charge in [0.2, 0.25) is 35.4 Å².